The van der Waals surface area contributed by atoms with E-state index in [4.69, 9.17) is 9.47 Å². The lowest BCUT2D eigenvalue weighted by atomic mass is 9.85. The number of rotatable bonds is 6. The molecule has 1 heterocycles. The predicted octanol–water partition coefficient (Wildman–Crippen LogP) is 2.63. The summed E-state index contributed by atoms with van der Waals surface area (Å²) in [6.45, 7) is 4.88. The van der Waals surface area contributed by atoms with Crippen molar-refractivity contribution in [2.75, 3.05) is 13.2 Å². The summed E-state index contributed by atoms with van der Waals surface area (Å²) in [5.74, 6) is 0.859. The fourth-order valence-corrected chi connectivity index (χ4v) is 4.27. The Morgan fingerprint density at radius 1 is 1.04 bits per heavy atom. The van der Waals surface area contributed by atoms with Crippen molar-refractivity contribution < 1.29 is 19.1 Å². The molecule has 0 aromatic heterocycles. The molecule has 1 aromatic carbocycles. The molecule has 4 atom stereocenters. The van der Waals surface area contributed by atoms with E-state index in [1.165, 1.54) is 6.21 Å². The van der Waals surface area contributed by atoms with Gasteiger partial charge in [-0.05, 0) is 55.9 Å². The van der Waals surface area contributed by atoms with Gasteiger partial charge in [0.1, 0.15) is 0 Å². The minimum Gasteiger partial charge on any atom is -0.490 e. The van der Waals surface area contributed by atoms with Gasteiger partial charge >= 0.3 is 0 Å². The summed E-state index contributed by atoms with van der Waals surface area (Å²) >= 11 is 0. The lowest BCUT2D eigenvalue weighted by Crippen LogP contribution is -2.28. The summed E-state index contributed by atoms with van der Waals surface area (Å²) in [5.41, 5.74) is 0.746. The maximum Gasteiger partial charge on any atom is 0.254 e. The number of carbonyl (C=O) groups is 2. The third kappa shape index (κ3) is 2.60. The number of hydrogen-bond donors (Lipinski definition) is 0. The number of nitrogens with zero attached hydrogens (tertiary/aromatic N) is 2. The quantitative estimate of drug-likeness (QED) is 0.447. The van der Waals surface area contributed by atoms with E-state index >= 15 is 0 Å². The van der Waals surface area contributed by atoms with Crippen molar-refractivity contribution in [3.05, 3.63) is 35.9 Å². The molecule has 0 spiro atoms. The van der Waals surface area contributed by atoms with Crippen molar-refractivity contribution in [3.63, 3.8) is 0 Å². The zero-order valence-corrected chi connectivity index (χ0v) is 14.9. The van der Waals surface area contributed by atoms with Crippen molar-refractivity contribution >= 4 is 18.0 Å². The second-order valence-corrected chi connectivity index (χ2v) is 6.80. The summed E-state index contributed by atoms with van der Waals surface area (Å²) < 4.78 is 11.1. The van der Waals surface area contributed by atoms with Crippen LogP contribution in [0, 0.1) is 23.7 Å². The fraction of sp³-hybridized carbons (Fsp3) is 0.450. The molecule has 3 aliphatic rings. The fourth-order valence-electron chi connectivity index (χ4n) is 4.27. The highest BCUT2D eigenvalue weighted by molar-refractivity contribution is 6.06. The first-order valence-corrected chi connectivity index (χ1v) is 9.13. The standard InChI is InChI=1S/C20H22N2O4/c1-3-25-15-8-5-12(9-16(15)26-4-2)11-21-22-19(23)17-13-6-7-14(10-13)18(17)20(22)24/h5-9,11,13-14,17-18H,3-4,10H2,1-2H3/b21-11-/t13-,14-,17-,18+/m0/s1. The van der Waals surface area contributed by atoms with Crippen LogP contribution in [0.25, 0.3) is 0 Å². The van der Waals surface area contributed by atoms with Crippen LogP contribution in [-0.2, 0) is 9.59 Å². The number of hydrogen-bond acceptors (Lipinski definition) is 5. The van der Waals surface area contributed by atoms with E-state index in [0.29, 0.717) is 24.7 Å². The monoisotopic (exact) mass is 354 g/mol. The van der Waals surface area contributed by atoms with Gasteiger partial charge < -0.3 is 9.47 Å². The summed E-state index contributed by atoms with van der Waals surface area (Å²) in [6.07, 6.45) is 6.60. The van der Waals surface area contributed by atoms with Crippen LogP contribution in [0.1, 0.15) is 25.8 Å². The normalized spacial score (nSPS) is 29.1. The zero-order chi connectivity index (χ0) is 18.3. The molecule has 2 amide bonds. The summed E-state index contributed by atoms with van der Waals surface area (Å²) in [5, 5.41) is 5.25. The second-order valence-electron chi connectivity index (χ2n) is 6.80. The molecule has 0 unspecified atom stereocenters. The Morgan fingerprint density at radius 3 is 2.27 bits per heavy atom. The second kappa shape index (κ2) is 6.59. The first-order valence-electron chi connectivity index (χ1n) is 9.13. The van der Waals surface area contributed by atoms with E-state index in [9.17, 15) is 9.59 Å². The van der Waals surface area contributed by atoms with Crippen LogP contribution in [0.2, 0.25) is 0 Å². The number of hydrazone groups is 1. The number of amides is 2. The molecule has 1 aliphatic heterocycles. The first kappa shape index (κ1) is 16.8. The average Bonchev–Trinajstić information content (AvgIpc) is 3.30. The number of allylic oxidation sites excluding steroid dienone is 2. The Hall–Kier alpha value is -2.63. The Morgan fingerprint density at radius 2 is 1.65 bits per heavy atom. The van der Waals surface area contributed by atoms with Gasteiger partial charge in [-0.25, -0.2) is 0 Å². The molecule has 2 fully saturated rings. The molecule has 1 saturated carbocycles. The van der Waals surface area contributed by atoms with Gasteiger partial charge in [-0.2, -0.15) is 10.1 Å². The molecule has 1 aromatic rings. The smallest absolute Gasteiger partial charge is 0.254 e. The molecule has 1 saturated heterocycles. The van der Waals surface area contributed by atoms with Gasteiger partial charge in [0.25, 0.3) is 11.8 Å². The van der Waals surface area contributed by atoms with Gasteiger partial charge in [-0.1, -0.05) is 12.2 Å². The summed E-state index contributed by atoms with van der Waals surface area (Å²) in [4.78, 5) is 25.3. The van der Waals surface area contributed by atoms with Gasteiger partial charge in [0.2, 0.25) is 0 Å². The topological polar surface area (TPSA) is 68.2 Å². The van der Waals surface area contributed by atoms with E-state index in [1.54, 1.807) is 6.07 Å². The Labute approximate surface area is 152 Å². The van der Waals surface area contributed by atoms with Crippen LogP contribution >= 0.6 is 0 Å². The minimum atomic E-state index is -0.228. The highest BCUT2D eigenvalue weighted by atomic mass is 16.5. The SMILES string of the molecule is CCOc1ccc(/C=N\N2C(=O)[C@@H]3[C@H](C2=O)[C@H]2C=C[C@H]3C2)cc1OCC. The van der Waals surface area contributed by atoms with Crippen LogP contribution in [0.4, 0.5) is 0 Å². The number of benzene rings is 1. The third-order valence-electron chi connectivity index (χ3n) is 5.34. The van der Waals surface area contributed by atoms with E-state index in [2.05, 4.69) is 17.3 Å². The maximum absolute atomic E-state index is 12.6. The molecule has 26 heavy (non-hydrogen) atoms. The number of fused-ring (bicyclic) bond motifs is 5. The summed E-state index contributed by atoms with van der Waals surface area (Å²) in [6, 6.07) is 5.44. The Bertz CT molecular complexity index is 771. The number of ether oxygens (including phenoxy) is 2. The number of imide groups is 1. The molecule has 0 N–H and O–H groups in total. The highest BCUT2D eigenvalue weighted by Crippen LogP contribution is 2.52. The van der Waals surface area contributed by atoms with Crippen LogP contribution < -0.4 is 9.47 Å². The minimum absolute atomic E-state index is 0.177. The lowest BCUT2D eigenvalue weighted by Gasteiger charge is -2.13. The largest absolute Gasteiger partial charge is 0.490 e. The van der Waals surface area contributed by atoms with Gasteiger partial charge in [0.15, 0.2) is 11.5 Å². The van der Waals surface area contributed by atoms with E-state index in [0.717, 1.165) is 17.0 Å². The summed E-state index contributed by atoms with van der Waals surface area (Å²) in [7, 11) is 0. The highest BCUT2D eigenvalue weighted by Gasteiger charge is 2.59. The third-order valence-corrected chi connectivity index (χ3v) is 5.34. The Balaban J connectivity index is 1.54. The molecule has 0 radical (unpaired) electrons. The van der Waals surface area contributed by atoms with Gasteiger partial charge in [0.05, 0.1) is 31.3 Å². The van der Waals surface area contributed by atoms with Crippen molar-refractivity contribution in [2.45, 2.75) is 20.3 Å². The van der Waals surface area contributed by atoms with Crippen molar-refractivity contribution in [2.24, 2.45) is 28.8 Å². The van der Waals surface area contributed by atoms with Crippen LogP contribution in [0.15, 0.2) is 35.5 Å². The van der Waals surface area contributed by atoms with Gasteiger partial charge in [-0.3, -0.25) is 9.59 Å². The van der Waals surface area contributed by atoms with Crippen LogP contribution in [0.3, 0.4) is 0 Å². The number of carbonyl (C=O) groups excluding carboxylic acids is 2. The van der Waals surface area contributed by atoms with Crippen LogP contribution in [-0.4, -0.2) is 36.3 Å². The Kier molecular flexibility index (Phi) is 4.26. The van der Waals surface area contributed by atoms with E-state index < -0.39 is 0 Å². The first-order chi connectivity index (χ1) is 12.6. The molecular weight excluding hydrogens is 332 g/mol. The molecule has 2 bridgehead atoms. The molecular formula is C20H22N2O4. The van der Waals surface area contributed by atoms with E-state index in [1.807, 2.05) is 26.0 Å². The zero-order valence-electron chi connectivity index (χ0n) is 14.9. The molecule has 6 nitrogen and oxygen atoms in total. The maximum atomic E-state index is 12.6. The van der Waals surface area contributed by atoms with Crippen molar-refractivity contribution in [1.82, 2.24) is 5.01 Å². The van der Waals surface area contributed by atoms with E-state index in [-0.39, 0.29) is 35.5 Å². The van der Waals surface area contributed by atoms with Crippen molar-refractivity contribution in [1.29, 1.82) is 0 Å². The van der Waals surface area contributed by atoms with Crippen molar-refractivity contribution in [3.8, 4) is 11.5 Å². The molecule has 4 rings (SSSR count). The predicted molar refractivity (Wildman–Crippen MR) is 95.9 cm³/mol. The average molecular weight is 354 g/mol. The van der Waals surface area contributed by atoms with Gasteiger partial charge in [0, 0.05) is 0 Å². The van der Waals surface area contributed by atoms with Gasteiger partial charge in [-0.15, -0.1) is 0 Å². The van der Waals surface area contributed by atoms with Crippen LogP contribution in [0.5, 0.6) is 11.5 Å². The lowest BCUT2D eigenvalue weighted by molar-refractivity contribution is -0.140. The molecule has 6 heteroatoms. The molecule has 2 aliphatic carbocycles. The molecule has 136 valence electrons.